The highest BCUT2D eigenvalue weighted by molar-refractivity contribution is 6.05. The van der Waals surface area contributed by atoms with E-state index < -0.39 is 0 Å². The van der Waals surface area contributed by atoms with Crippen molar-refractivity contribution in [2.45, 2.75) is 12.8 Å². The number of hydrogen-bond donors (Lipinski definition) is 1. The van der Waals surface area contributed by atoms with Gasteiger partial charge in [0.15, 0.2) is 0 Å². The van der Waals surface area contributed by atoms with Crippen LogP contribution in [0.2, 0.25) is 0 Å². The van der Waals surface area contributed by atoms with Gasteiger partial charge in [0.1, 0.15) is 0 Å². The minimum atomic E-state index is -0.332. The van der Waals surface area contributed by atoms with Gasteiger partial charge in [0.2, 0.25) is 11.8 Å². The molecule has 2 unspecified atom stereocenters. The highest BCUT2D eigenvalue weighted by Gasteiger charge is 2.42. The van der Waals surface area contributed by atoms with Crippen molar-refractivity contribution in [3.63, 3.8) is 0 Å². The molecule has 0 aromatic heterocycles. The van der Waals surface area contributed by atoms with Gasteiger partial charge in [-0.3, -0.25) is 19.8 Å². The van der Waals surface area contributed by atoms with Gasteiger partial charge in [-0.1, -0.05) is 18.2 Å². The van der Waals surface area contributed by atoms with Gasteiger partial charge in [-0.05, 0) is 31.0 Å². The molecule has 23 heavy (non-hydrogen) atoms. The van der Waals surface area contributed by atoms with Gasteiger partial charge in [0.05, 0.1) is 17.5 Å². The van der Waals surface area contributed by atoms with Crippen molar-refractivity contribution in [2.75, 3.05) is 19.1 Å². The summed E-state index contributed by atoms with van der Waals surface area (Å²) in [4.78, 5) is 38.5. The highest BCUT2D eigenvalue weighted by Crippen LogP contribution is 2.32. The molecule has 0 bridgehead atoms. The number of nitrogens with one attached hydrogen (secondary N) is 1. The summed E-state index contributed by atoms with van der Waals surface area (Å²) >= 11 is 0. The summed E-state index contributed by atoms with van der Waals surface area (Å²) < 4.78 is 0. The Hall–Kier alpha value is -2.63. The number of hydrazine groups is 1. The minimum absolute atomic E-state index is 0.131. The van der Waals surface area contributed by atoms with Crippen molar-refractivity contribution in [3.8, 4) is 0 Å². The van der Waals surface area contributed by atoms with Crippen molar-refractivity contribution in [1.82, 2.24) is 10.3 Å². The SMILES string of the molecule is CN(C)C(=O)c1cccc(N2NC(=O)C3CC=CCC3C2=O)c1. The molecule has 0 spiro atoms. The van der Waals surface area contributed by atoms with Crippen LogP contribution in [0.3, 0.4) is 0 Å². The van der Waals surface area contributed by atoms with Gasteiger partial charge in [0, 0.05) is 19.7 Å². The van der Waals surface area contributed by atoms with Crippen LogP contribution in [0.4, 0.5) is 5.69 Å². The Kier molecular flexibility index (Phi) is 3.90. The Balaban J connectivity index is 1.91. The third-order valence-electron chi connectivity index (χ3n) is 4.29. The Morgan fingerprint density at radius 3 is 2.57 bits per heavy atom. The average molecular weight is 313 g/mol. The second-order valence-corrected chi connectivity index (χ2v) is 6.06. The molecule has 1 N–H and O–H groups in total. The van der Waals surface area contributed by atoms with E-state index in [1.807, 2.05) is 12.2 Å². The molecule has 3 rings (SSSR count). The fraction of sp³-hybridized carbons (Fsp3) is 0.353. The van der Waals surface area contributed by atoms with Crippen molar-refractivity contribution in [3.05, 3.63) is 42.0 Å². The van der Waals surface area contributed by atoms with Crippen molar-refractivity contribution in [1.29, 1.82) is 0 Å². The molecule has 0 saturated carbocycles. The van der Waals surface area contributed by atoms with E-state index in [9.17, 15) is 14.4 Å². The van der Waals surface area contributed by atoms with Crippen LogP contribution in [-0.2, 0) is 9.59 Å². The van der Waals surface area contributed by atoms with Crippen molar-refractivity contribution < 1.29 is 14.4 Å². The van der Waals surface area contributed by atoms with E-state index in [-0.39, 0.29) is 29.6 Å². The molecular formula is C17H19N3O3. The van der Waals surface area contributed by atoms with Crippen molar-refractivity contribution >= 4 is 23.4 Å². The first-order chi connectivity index (χ1) is 11.0. The van der Waals surface area contributed by atoms with Crippen LogP contribution in [-0.4, -0.2) is 36.7 Å². The van der Waals surface area contributed by atoms with E-state index in [0.29, 0.717) is 24.1 Å². The lowest BCUT2D eigenvalue weighted by Crippen LogP contribution is -2.59. The molecule has 2 atom stereocenters. The monoisotopic (exact) mass is 313 g/mol. The summed E-state index contributed by atoms with van der Waals surface area (Å²) in [5, 5.41) is 1.27. The van der Waals surface area contributed by atoms with E-state index >= 15 is 0 Å². The smallest absolute Gasteiger partial charge is 0.253 e. The number of hydrogen-bond acceptors (Lipinski definition) is 3. The number of allylic oxidation sites excluding steroid dienone is 2. The van der Waals surface area contributed by atoms with Gasteiger partial charge in [-0.2, -0.15) is 0 Å². The standard InChI is InChI=1S/C17H19N3O3/c1-19(2)16(22)11-6-5-7-12(10-11)20-17(23)14-9-4-3-8-13(14)15(21)18-20/h3-7,10,13-14H,8-9H2,1-2H3,(H,18,21). The Labute approximate surface area is 134 Å². The molecule has 6 heteroatoms. The molecule has 1 heterocycles. The maximum absolute atomic E-state index is 12.7. The van der Waals surface area contributed by atoms with Crippen LogP contribution in [0.15, 0.2) is 36.4 Å². The van der Waals surface area contributed by atoms with E-state index in [2.05, 4.69) is 5.43 Å². The highest BCUT2D eigenvalue weighted by atomic mass is 16.2. The van der Waals surface area contributed by atoms with Crippen molar-refractivity contribution in [2.24, 2.45) is 11.8 Å². The van der Waals surface area contributed by atoms with Gasteiger partial charge in [-0.25, -0.2) is 5.01 Å². The zero-order valence-electron chi connectivity index (χ0n) is 13.2. The van der Waals surface area contributed by atoms with Gasteiger partial charge < -0.3 is 4.90 Å². The fourth-order valence-electron chi connectivity index (χ4n) is 3.02. The second kappa shape index (κ2) is 5.87. The molecule has 6 nitrogen and oxygen atoms in total. The first-order valence-electron chi connectivity index (χ1n) is 7.60. The summed E-state index contributed by atoms with van der Waals surface area (Å²) in [5.41, 5.74) is 3.64. The predicted molar refractivity (Wildman–Crippen MR) is 85.4 cm³/mol. The molecule has 1 aromatic rings. The van der Waals surface area contributed by atoms with E-state index in [4.69, 9.17) is 0 Å². The zero-order chi connectivity index (χ0) is 16.6. The molecule has 1 aliphatic heterocycles. The second-order valence-electron chi connectivity index (χ2n) is 6.06. The van der Waals surface area contributed by atoms with E-state index in [0.717, 1.165) is 0 Å². The minimum Gasteiger partial charge on any atom is -0.345 e. The molecule has 1 aromatic carbocycles. The Morgan fingerprint density at radius 1 is 1.17 bits per heavy atom. The Morgan fingerprint density at radius 2 is 1.87 bits per heavy atom. The summed E-state index contributed by atoms with van der Waals surface area (Å²) in [6.07, 6.45) is 5.06. The number of amides is 3. The average Bonchev–Trinajstić information content (AvgIpc) is 2.57. The largest absolute Gasteiger partial charge is 0.345 e. The number of carbonyl (C=O) groups is 3. The lowest BCUT2D eigenvalue weighted by Gasteiger charge is -2.38. The maximum atomic E-state index is 12.7. The maximum Gasteiger partial charge on any atom is 0.253 e. The zero-order valence-corrected chi connectivity index (χ0v) is 13.2. The quantitative estimate of drug-likeness (QED) is 0.838. The normalized spacial score (nSPS) is 23.3. The van der Waals surface area contributed by atoms with Crippen LogP contribution in [0.5, 0.6) is 0 Å². The Bertz CT molecular complexity index is 696. The van der Waals surface area contributed by atoms with Gasteiger partial charge in [-0.15, -0.1) is 0 Å². The summed E-state index contributed by atoms with van der Waals surface area (Å²) in [6, 6.07) is 6.73. The molecule has 1 saturated heterocycles. The molecule has 120 valence electrons. The van der Waals surface area contributed by atoms with Gasteiger partial charge in [0.25, 0.3) is 5.91 Å². The van der Waals surface area contributed by atoms with Crippen LogP contribution >= 0.6 is 0 Å². The predicted octanol–water partition coefficient (Wildman–Crippen LogP) is 1.35. The fourth-order valence-corrected chi connectivity index (χ4v) is 3.02. The molecular weight excluding hydrogens is 294 g/mol. The molecule has 1 aliphatic carbocycles. The molecule has 3 amide bonds. The van der Waals surface area contributed by atoms with E-state index in [1.165, 1.54) is 9.91 Å². The third kappa shape index (κ3) is 2.72. The first kappa shape index (κ1) is 15.3. The number of benzene rings is 1. The summed E-state index contributed by atoms with van der Waals surface area (Å²) in [7, 11) is 3.34. The third-order valence-corrected chi connectivity index (χ3v) is 4.29. The number of fused-ring (bicyclic) bond motifs is 1. The number of carbonyl (C=O) groups excluding carboxylic acids is 3. The lowest BCUT2D eigenvalue weighted by atomic mass is 9.80. The first-order valence-corrected chi connectivity index (χ1v) is 7.60. The van der Waals surface area contributed by atoms with Crippen LogP contribution in [0.25, 0.3) is 0 Å². The van der Waals surface area contributed by atoms with Crippen LogP contribution < -0.4 is 10.4 Å². The lowest BCUT2D eigenvalue weighted by molar-refractivity contribution is -0.139. The number of nitrogens with zero attached hydrogens (tertiary/aromatic N) is 2. The van der Waals surface area contributed by atoms with Crippen LogP contribution in [0.1, 0.15) is 23.2 Å². The summed E-state index contributed by atoms with van der Waals surface area (Å²) in [6.45, 7) is 0. The molecule has 0 radical (unpaired) electrons. The van der Waals surface area contributed by atoms with Gasteiger partial charge >= 0.3 is 0 Å². The number of anilines is 1. The molecule has 1 fully saturated rings. The molecule has 2 aliphatic rings. The summed E-state index contributed by atoms with van der Waals surface area (Å²) in [5.74, 6) is -1.06. The topological polar surface area (TPSA) is 69.7 Å². The van der Waals surface area contributed by atoms with Crippen LogP contribution in [0, 0.1) is 11.8 Å². The van der Waals surface area contributed by atoms with E-state index in [1.54, 1.807) is 38.4 Å². The number of rotatable bonds is 2.